The highest BCUT2D eigenvalue weighted by molar-refractivity contribution is 6.06. The van der Waals surface area contributed by atoms with Crippen LogP contribution in [0.3, 0.4) is 0 Å². The molecule has 0 aromatic heterocycles. The Hall–Kier alpha value is -1.47. The van der Waals surface area contributed by atoms with Crippen molar-refractivity contribution in [2.75, 3.05) is 13.6 Å². The van der Waals surface area contributed by atoms with Gasteiger partial charge in [0.05, 0.1) is 0 Å². The summed E-state index contributed by atoms with van der Waals surface area (Å²) in [6.45, 7) is 1.83. The van der Waals surface area contributed by atoms with Gasteiger partial charge in [-0.25, -0.2) is 0 Å². The number of carbonyl (C=O) groups excluding carboxylic acids is 1. The Morgan fingerprint density at radius 3 is 2.06 bits per heavy atom. The third kappa shape index (κ3) is 3.51. The zero-order valence-electron chi connectivity index (χ0n) is 10.6. The molecule has 5 nitrogen and oxygen atoms in total. The minimum atomic E-state index is -4.48. The van der Waals surface area contributed by atoms with Crippen molar-refractivity contribution in [3.63, 3.8) is 0 Å². The fraction of sp³-hybridized carbons (Fsp3) is 0.800. The normalized spacial score (nSPS) is 13.6. The number of nitrogens with zero attached hydrogens (tertiary/aromatic N) is 2. The molecule has 0 aliphatic carbocycles. The van der Waals surface area contributed by atoms with Crippen LogP contribution in [0.4, 0.5) is 13.2 Å². The second kappa shape index (κ2) is 5.92. The van der Waals surface area contributed by atoms with Gasteiger partial charge >= 0.3 is 6.18 Å². The largest absolute Gasteiger partial charge is 0.409 e. The van der Waals surface area contributed by atoms with Gasteiger partial charge in [-0.05, 0) is 12.8 Å². The highest BCUT2D eigenvalue weighted by Gasteiger charge is 2.44. The molecule has 0 radical (unpaired) electrons. The first-order valence-electron chi connectivity index (χ1n) is 5.45. The van der Waals surface area contributed by atoms with Gasteiger partial charge in [0, 0.05) is 7.05 Å². The summed E-state index contributed by atoms with van der Waals surface area (Å²) in [4.78, 5) is 12.6. The van der Waals surface area contributed by atoms with Gasteiger partial charge in [-0.1, -0.05) is 19.0 Å². The molecule has 0 fully saturated rings. The first kappa shape index (κ1) is 16.5. The Morgan fingerprint density at radius 2 is 1.78 bits per heavy atom. The monoisotopic (exact) mass is 269 g/mol. The van der Waals surface area contributed by atoms with E-state index in [0.717, 1.165) is 7.05 Å². The van der Waals surface area contributed by atoms with Gasteiger partial charge in [0.15, 0.2) is 5.84 Å². The van der Waals surface area contributed by atoms with Crippen LogP contribution in [0.15, 0.2) is 5.16 Å². The minimum Gasteiger partial charge on any atom is -0.409 e. The molecule has 0 heterocycles. The minimum absolute atomic E-state index is 0.153. The molecule has 0 unspecified atom stereocenters. The number of rotatable bonds is 5. The van der Waals surface area contributed by atoms with Gasteiger partial charge in [0.1, 0.15) is 12.0 Å². The van der Waals surface area contributed by atoms with Crippen molar-refractivity contribution in [3.05, 3.63) is 0 Å². The average Bonchev–Trinajstić information content (AvgIpc) is 2.28. The summed E-state index contributed by atoms with van der Waals surface area (Å²) in [5.74, 6) is -1.17. The molecule has 0 rings (SSSR count). The molecule has 18 heavy (non-hydrogen) atoms. The third-order valence-corrected chi connectivity index (χ3v) is 2.98. The lowest BCUT2D eigenvalue weighted by Gasteiger charge is -2.33. The van der Waals surface area contributed by atoms with Crippen LogP contribution in [0.1, 0.15) is 26.7 Å². The standard InChI is InChI=1S/C10H18F3N3O2/c1-4-9(5-2,7(14)15-18)8(17)16(3)6-10(11,12)13/h18H,4-6H2,1-3H3,(H2,14,15). The fourth-order valence-corrected chi connectivity index (χ4v) is 1.83. The molecule has 0 aliphatic rings. The SMILES string of the molecule is CCC(CC)(C(=O)N(C)CC(F)(F)F)C(N)=NO. The van der Waals surface area contributed by atoms with Crippen LogP contribution in [0.25, 0.3) is 0 Å². The molecule has 0 saturated carbocycles. The van der Waals surface area contributed by atoms with Crippen LogP contribution in [-0.4, -0.2) is 41.6 Å². The summed E-state index contributed by atoms with van der Waals surface area (Å²) in [6.07, 6.45) is -4.18. The molecule has 0 aromatic rings. The van der Waals surface area contributed by atoms with E-state index in [0.29, 0.717) is 4.90 Å². The second-order valence-electron chi connectivity index (χ2n) is 4.05. The first-order valence-corrected chi connectivity index (χ1v) is 5.45. The molecule has 0 saturated heterocycles. The highest BCUT2D eigenvalue weighted by atomic mass is 19.4. The van der Waals surface area contributed by atoms with Gasteiger partial charge in [-0.15, -0.1) is 0 Å². The summed E-state index contributed by atoms with van der Waals surface area (Å²) >= 11 is 0. The molecule has 1 amide bonds. The lowest BCUT2D eigenvalue weighted by molar-refractivity contribution is -0.163. The van der Waals surface area contributed by atoms with Crippen molar-refractivity contribution in [2.24, 2.45) is 16.3 Å². The number of nitrogens with two attached hydrogens (primary N) is 1. The second-order valence-corrected chi connectivity index (χ2v) is 4.05. The molecule has 106 valence electrons. The zero-order valence-corrected chi connectivity index (χ0v) is 10.6. The van der Waals surface area contributed by atoms with Gasteiger partial charge in [-0.3, -0.25) is 4.79 Å². The number of amidine groups is 1. The van der Waals surface area contributed by atoms with Crippen LogP contribution >= 0.6 is 0 Å². The smallest absolute Gasteiger partial charge is 0.406 e. The lowest BCUT2D eigenvalue weighted by atomic mass is 9.79. The van der Waals surface area contributed by atoms with E-state index in [1.165, 1.54) is 0 Å². The lowest BCUT2D eigenvalue weighted by Crippen LogP contribution is -2.51. The molecule has 0 aromatic carbocycles. The van der Waals surface area contributed by atoms with E-state index in [1.807, 2.05) is 0 Å². The van der Waals surface area contributed by atoms with Gasteiger partial charge in [0.2, 0.25) is 5.91 Å². The summed E-state index contributed by atoms with van der Waals surface area (Å²) in [5, 5.41) is 11.4. The number of oxime groups is 1. The van der Waals surface area contributed by atoms with E-state index in [2.05, 4.69) is 5.16 Å². The fourth-order valence-electron chi connectivity index (χ4n) is 1.83. The van der Waals surface area contributed by atoms with Gasteiger partial charge in [-0.2, -0.15) is 13.2 Å². The van der Waals surface area contributed by atoms with Crippen molar-refractivity contribution in [1.82, 2.24) is 4.90 Å². The van der Waals surface area contributed by atoms with E-state index in [1.54, 1.807) is 13.8 Å². The Labute approximate surface area is 103 Å². The summed E-state index contributed by atoms with van der Waals surface area (Å²) in [7, 11) is 1.04. The maximum atomic E-state index is 12.2. The number of alkyl halides is 3. The van der Waals surface area contributed by atoms with Crippen molar-refractivity contribution < 1.29 is 23.2 Å². The molecule has 0 bridgehead atoms. The molecule has 8 heteroatoms. The number of hydrogen-bond acceptors (Lipinski definition) is 3. The Balaban J connectivity index is 5.22. The van der Waals surface area contributed by atoms with Crippen LogP contribution < -0.4 is 5.73 Å². The summed E-state index contributed by atoms with van der Waals surface area (Å²) in [5.41, 5.74) is 4.05. The van der Waals surface area contributed by atoms with E-state index in [9.17, 15) is 18.0 Å². The van der Waals surface area contributed by atoms with Crippen molar-refractivity contribution >= 4 is 11.7 Å². The molecule has 0 aliphatic heterocycles. The van der Waals surface area contributed by atoms with Crippen LogP contribution in [-0.2, 0) is 4.79 Å². The number of halogens is 3. The Morgan fingerprint density at radius 1 is 1.33 bits per heavy atom. The van der Waals surface area contributed by atoms with Crippen LogP contribution in [0.5, 0.6) is 0 Å². The predicted molar refractivity (Wildman–Crippen MR) is 60.1 cm³/mol. The van der Waals surface area contributed by atoms with Gasteiger partial charge in [0.25, 0.3) is 0 Å². The van der Waals surface area contributed by atoms with E-state index >= 15 is 0 Å². The van der Waals surface area contributed by atoms with E-state index in [4.69, 9.17) is 10.9 Å². The first-order chi connectivity index (χ1) is 8.14. The topological polar surface area (TPSA) is 78.9 Å². The van der Waals surface area contributed by atoms with Crippen molar-refractivity contribution in [2.45, 2.75) is 32.9 Å². The van der Waals surface area contributed by atoms with Crippen LogP contribution in [0, 0.1) is 5.41 Å². The van der Waals surface area contributed by atoms with E-state index < -0.39 is 24.0 Å². The quantitative estimate of drug-likeness (QED) is 0.344. The van der Waals surface area contributed by atoms with Crippen LogP contribution in [0.2, 0.25) is 0 Å². The van der Waals surface area contributed by atoms with Crippen molar-refractivity contribution in [1.29, 1.82) is 0 Å². The Kier molecular flexibility index (Phi) is 5.44. The number of carbonyl (C=O) groups is 1. The number of amides is 1. The Bertz CT molecular complexity index is 325. The number of hydrogen-bond donors (Lipinski definition) is 2. The average molecular weight is 269 g/mol. The molecule has 0 atom stereocenters. The zero-order chi connectivity index (χ0) is 14.6. The third-order valence-electron chi connectivity index (χ3n) is 2.98. The summed E-state index contributed by atoms with van der Waals surface area (Å²) in [6, 6.07) is 0. The predicted octanol–water partition coefficient (Wildman–Crippen LogP) is 1.56. The van der Waals surface area contributed by atoms with E-state index in [-0.39, 0.29) is 18.7 Å². The molecule has 3 N–H and O–H groups in total. The summed E-state index contributed by atoms with van der Waals surface area (Å²) < 4.78 is 36.7. The van der Waals surface area contributed by atoms with Gasteiger partial charge < -0.3 is 15.8 Å². The van der Waals surface area contributed by atoms with Crippen molar-refractivity contribution in [3.8, 4) is 0 Å². The molecular weight excluding hydrogens is 251 g/mol. The maximum absolute atomic E-state index is 12.2. The maximum Gasteiger partial charge on any atom is 0.406 e. The highest BCUT2D eigenvalue weighted by Crippen LogP contribution is 2.30. The molecular formula is C10H18F3N3O2. The molecule has 0 spiro atoms.